The largest absolute Gasteiger partial charge is 0.497 e. The Morgan fingerprint density at radius 3 is 1.55 bits per heavy atom. The molecule has 0 saturated carbocycles. The lowest BCUT2D eigenvalue weighted by atomic mass is 9.76. The number of ether oxygens (including phenoxy) is 4. The molecule has 3 aliphatic rings. The van der Waals surface area contributed by atoms with Crippen LogP contribution in [0, 0.1) is 11.6 Å². The van der Waals surface area contributed by atoms with E-state index in [0.717, 1.165) is 43.2 Å². The van der Waals surface area contributed by atoms with Gasteiger partial charge in [-0.05, 0) is 149 Å². The number of rotatable bonds is 13. The Morgan fingerprint density at radius 1 is 0.606 bits per heavy atom. The van der Waals surface area contributed by atoms with Crippen molar-refractivity contribution in [2.45, 2.75) is 65.7 Å². The quantitative estimate of drug-likeness (QED) is 0.0486. The van der Waals surface area contributed by atoms with Gasteiger partial charge in [-0.1, -0.05) is 30.7 Å². The highest BCUT2D eigenvalue weighted by molar-refractivity contribution is 7.92. The molecule has 0 atom stereocenters. The van der Waals surface area contributed by atoms with Gasteiger partial charge in [0.15, 0.2) is 19.2 Å². The first-order valence-corrected chi connectivity index (χ1v) is 36.5. The second kappa shape index (κ2) is 27.0. The molecule has 6 aromatic carbocycles. The first kappa shape index (κ1) is 71.5. The minimum absolute atomic E-state index is 0.160. The van der Waals surface area contributed by atoms with Gasteiger partial charge in [-0.3, -0.25) is 18.2 Å². The third kappa shape index (κ3) is 12.8. The Kier molecular flexibility index (Phi) is 18.6. The number of carbonyl (C=O) groups excluding carboxylic acids is 4. The number of nitrogens with one attached hydrogen (secondary N) is 1. The number of furan rings is 2. The summed E-state index contributed by atoms with van der Waals surface area (Å²) >= 11 is 6.00. The first-order chi connectivity index (χ1) is 49.3. The van der Waals surface area contributed by atoms with Crippen molar-refractivity contribution in [3.8, 4) is 68.2 Å². The summed E-state index contributed by atoms with van der Waals surface area (Å²) in [5, 5.41) is 5.41. The maximum atomic E-state index is 13.8. The number of benzene rings is 6. The molecular formula is C75H67BClF2N7O16S2. The zero-order valence-electron chi connectivity index (χ0n) is 58.2. The van der Waals surface area contributed by atoms with Gasteiger partial charge in [0.25, 0.3) is 5.91 Å². The SMILES string of the molecule is CCC(=O)c1c(-c2ccc(F)cc2)oc2cc(N(C)S(C)(=O)=O)c(B3OC(C)(C)C(C)(C)O3)cc12.CNC(=O)c1c(-c2ccc(F)cc2)oc2cc(N(C)S(C)(=O)=O)c(-c3ccc4c(n3)-c3cc5c(C(=O)OC)cccc5n3CO4)cc12.COC(=O)c1cccc2c1cc1n2COc2ccc(Cl)nc2-1. The third-order valence-corrected chi connectivity index (χ3v) is 21.5. The number of pyridine rings is 2. The average molecular weight is 1470 g/mol. The Bertz CT molecular complexity index is 5760. The van der Waals surface area contributed by atoms with Gasteiger partial charge < -0.3 is 51.5 Å². The van der Waals surface area contributed by atoms with Crippen LogP contribution in [0.5, 0.6) is 11.5 Å². The molecule has 1 saturated heterocycles. The van der Waals surface area contributed by atoms with Crippen LogP contribution >= 0.6 is 11.6 Å². The first-order valence-electron chi connectivity index (χ1n) is 32.4. The summed E-state index contributed by atoms with van der Waals surface area (Å²) in [7, 11) is -1.25. The van der Waals surface area contributed by atoms with Crippen molar-refractivity contribution in [3.63, 3.8) is 0 Å². The number of sulfonamides is 2. The molecule has 0 unspecified atom stereocenters. The fourth-order valence-electron chi connectivity index (χ4n) is 12.7. The van der Waals surface area contributed by atoms with Crippen molar-refractivity contribution in [1.29, 1.82) is 0 Å². The number of Topliss-reactive ketones (excluding diaryl/α,β-unsaturated/α-hetero) is 1. The van der Waals surface area contributed by atoms with E-state index < -0.39 is 61.9 Å². The molecule has 9 heterocycles. The predicted molar refractivity (Wildman–Crippen MR) is 392 cm³/mol. The van der Waals surface area contributed by atoms with Crippen LogP contribution in [0.4, 0.5) is 20.2 Å². The number of aromatic nitrogens is 4. The van der Waals surface area contributed by atoms with Crippen molar-refractivity contribution < 1.29 is 81.9 Å². The highest BCUT2D eigenvalue weighted by Gasteiger charge is 2.53. The number of anilines is 2. The van der Waals surface area contributed by atoms with Crippen LogP contribution in [0.25, 0.3) is 100 Å². The number of ketones is 1. The lowest BCUT2D eigenvalue weighted by molar-refractivity contribution is 0.00578. The lowest BCUT2D eigenvalue weighted by Crippen LogP contribution is -2.41. The van der Waals surface area contributed by atoms with Gasteiger partial charge >= 0.3 is 19.1 Å². The molecular weight excluding hydrogens is 1400 g/mol. The normalized spacial score (nSPS) is 14.0. The summed E-state index contributed by atoms with van der Waals surface area (Å²) < 4.78 is 130. The molecule has 534 valence electrons. The lowest BCUT2D eigenvalue weighted by Gasteiger charge is -2.32. The molecule has 1 N–H and O–H groups in total. The molecule has 6 aromatic heterocycles. The van der Waals surface area contributed by atoms with Gasteiger partial charge in [-0.25, -0.2) is 45.2 Å². The number of nitrogens with zero attached hydrogens (tertiary/aromatic N) is 6. The van der Waals surface area contributed by atoms with E-state index in [1.807, 2.05) is 67.2 Å². The molecule has 29 heteroatoms. The monoisotopic (exact) mass is 1470 g/mol. The molecule has 1 amide bonds. The highest BCUT2D eigenvalue weighted by Crippen LogP contribution is 2.46. The van der Waals surface area contributed by atoms with Crippen LogP contribution in [0.3, 0.4) is 0 Å². The number of hydrogen-bond acceptors (Lipinski definition) is 18. The maximum Gasteiger partial charge on any atom is 0.497 e. The maximum absolute atomic E-state index is 13.8. The van der Waals surface area contributed by atoms with Crippen molar-refractivity contribution >= 4 is 123 Å². The molecule has 1 fully saturated rings. The minimum atomic E-state index is -3.76. The third-order valence-electron chi connectivity index (χ3n) is 18.9. The van der Waals surface area contributed by atoms with Gasteiger partial charge in [0.1, 0.15) is 62.4 Å². The Morgan fingerprint density at radius 2 is 1.07 bits per heavy atom. The molecule has 3 aliphatic heterocycles. The number of carbonyl (C=O) groups is 4. The van der Waals surface area contributed by atoms with Crippen LogP contribution in [-0.2, 0) is 52.3 Å². The van der Waals surface area contributed by atoms with Crippen LogP contribution in [0.2, 0.25) is 5.15 Å². The number of methoxy groups -OCH3 is 2. The van der Waals surface area contributed by atoms with E-state index in [0.29, 0.717) is 118 Å². The van der Waals surface area contributed by atoms with E-state index in [4.69, 9.17) is 53.7 Å². The van der Waals surface area contributed by atoms with E-state index in [9.17, 15) is 44.8 Å². The van der Waals surface area contributed by atoms with Crippen molar-refractivity contribution in [2.75, 3.05) is 56.5 Å². The molecule has 104 heavy (non-hydrogen) atoms. The summed E-state index contributed by atoms with van der Waals surface area (Å²) in [6, 6.07) is 39.2. The number of amides is 1. The fraction of sp³-hybridized carbons (Fsp3) is 0.227. The van der Waals surface area contributed by atoms with Crippen molar-refractivity contribution in [2.24, 2.45) is 0 Å². The number of esters is 2. The number of halogens is 3. The van der Waals surface area contributed by atoms with E-state index in [2.05, 4.69) is 10.3 Å². The zero-order chi connectivity index (χ0) is 74.4. The Hall–Kier alpha value is -10.9. The molecule has 0 aliphatic carbocycles. The predicted octanol–water partition coefficient (Wildman–Crippen LogP) is 13.8. The summed E-state index contributed by atoms with van der Waals surface area (Å²) in [5.74, 6) is -0.641. The van der Waals surface area contributed by atoms with Gasteiger partial charge in [0.2, 0.25) is 20.0 Å². The smallest absolute Gasteiger partial charge is 0.470 e. The minimum Gasteiger partial charge on any atom is -0.470 e. The summed E-state index contributed by atoms with van der Waals surface area (Å²) in [5.41, 5.74) is 7.86. The summed E-state index contributed by atoms with van der Waals surface area (Å²) in [6.45, 7) is 9.91. The topological polar surface area (TPSA) is 272 Å². The summed E-state index contributed by atoms with van der Waals surface area (Å²) in [4.78, 5) is 60.1. The van der Waals surface area contributed by atoms with E-state index >= 15 is 0 Å². The molecule has 0 bridgehead atoms. The van der Waals surface area contributed by atoms with Crippen LogP contribution in [0.1, 0.15) is 82.5 Å². The van der Waals surface area contributed by atoms with E-state index in [1.165, 1.54) is 83.9 Å². The fourth-order valence-corrected chi connectivity index (χ4v) is 13.8. The second-order valence-electron chi connectivity index (χ2n) is 25.7. The van der Waals surface area contributed by atoms with Crippen molar-refractivity contribution in [3.05, 3.63) is 185 Å². The average Bonchev–Trinajstić information content (AvgIpc) is 1.55. The molecule has 15 rings (SSSR count). The van der Waals surface area contributed by atoms with Crippen LogP contribution in [0.15, 0.2) is 154 Å². The van der Waals surface area contributed by atoms with Crippen LogP contribution < -0.4 is 28.9 Å². The van der Waals surface area contributed by atoms with E-state index in [1.54, 1.807) is 73.7 Å². The Labute approximate surface area is 601 Å². The number of hydrogen-bond donors (Lipinski definition) is 1. The summed E-state index contributed by atoms with van der Waals surface area (Å²) in [6.07, 6.45) is 2.40. The van der Waals surface area contributed by atoms with Crippen molar-refractivity contribution in [1.82, 2.24) is 24.4 Å². The molecule has 0 radical (unpaired) electrons. The second-order valence-corrected chi connectivity index (χ2v) is 30.2. The standard InChI is InChI=1S/C34H27FN4O7S.C25H29BFNO6S.C16H11ClN2O3/c1-36-33(40)30-23-14-22(26(38(2)47(4,42)43)16-29(23)46-32(30)18-8-10-19(35)11-9-18)24-12-13-28-31(37-24)27-15-21-20(34(41)44-3)6-5-7-25(21)39(27)17-45-28;1-8-20(29)22-17-13-18(26-33-24(2,3)25(4,5)34-26)19(28(6)35(7,30)31)14-21(17)32-23(22)15-9-11-16(27)12-10-15;1-21-16(20)9-3-2-4-11-10(9)7-12-15-13(22-8-19(11)12)5-6-14(17)18-15/h5-16H,17H2,1-4H3,(H,36,40);9-14H,8H2,1-7H3;2-7H,8H2,1H3. The van der Waals surface area contributed by atoms with Gasteiger partial charge in [0.05, 0.1) is 99.7 Å². The van der Waals surface area contributed by atoms with Gasteiger partial charge in [-0.2, -0.15) is 0 Å². The molecule has 23 nitrogen and oxygen atoms in total. The van der Waals surface area contributed by atoms with Gasteiger partial charge in [0, 0.05) is 83.4 Å². The molecule has 12 aromatic rings. The van der Waals surface area contributed by atoms with E-state index in [-0.39, 0.29) is 47.5 Å². The Balaban J connectivity index is 0.000000148. The highest BCUT2D eigenvalue weighted by atomic mass is 35.5. The number of fused-ring (bicyclic) bond motifs is 12. The van der Waals surface area contributed by atoms with Gasteiger partial charge in [-0.15, -0.1) is 0 Å². The van der Waals surface area contributed by atoms with Crippen LogP contribution in [-0.4, -0.2) is 126 Å². The zero-order valence-corrected chi connectivity index (χ0v) is 60.6. The molecule has 0 spiro atoms.